The minimum Gasteiger partial charge on any atom is -0.482 e. The average molecular weight is 480 g/mol. The first-order chi connectivity index (χ1) is 16.0. The van der Waals surface area contributed by atoms with Crippen LogP contribution in [-0.2, 0) is 4.79 Å². The van der Waals surface area contributed by atoms with Crippen molar-refractivity contribution in [2.24, 2.45) is 0 Å². The normalized spacial score (nSPS) is 11.9. The molecule has 0 spiro atoms. The van der Waals surface area contributed by atoms with E-state index in [0.29, 0.717) is 20.8 Å². The first kappa shape index (κ1) is 21.1. The number of hydrogen-bond donors (Lipinski definition) is 1. The Morgan fingerprint density at radius 1 is 1.15 bits per heavy atom. The summed E-state index contributed by atoms with van der Waals surface area (Å²) in [7, 11) is 0. The number of fused-ring (bicyclic) bond motifs is 3. The SMILES string of the molecule is O=C(COc1ccc(C=c2sc3nc4ccccc4n3c2=O)cc1Cl)Nc1ccccc1F. The highest BCUT2D eigenvalue weighted by molar-refractivity contribution is 7.15. The van der Waals surface area contributed by atoms with Crippen LogP contribution in [0.4, 0.5) is 10.1 Å². The molecule has 9 heteroatoms. The third-order valence-electron chi connectivity index (χ3n) is 4.91. The van der Waals surface area contributed by atoms with Gasteiger partial charge in [-0.25, -0.2) is 13.8 Å². The van der Waals surface area contributed by atoms with E-state index in [9.17, 15) is 14.0 Å². The Kier molecular flexibility index (Phi) is 5.53. The second-order valence-corrected chi connectivity index (χ2v) is 8.56. The average Bonchev–Trinajstić information content (AvgIpc) is 3.31. The Bertz CT molecular complexity index is 1630. The van der Waals surface area contributed by atoms with Crippen molar-refractivity contribution in [3.05, 3.63) is 98.0 Å². The molecule has 2 heterocycles. The number of carbonyl (C=O) groups is 1. The van der Waals surface area contributed by atoms with Crippen molar-refractivity contribution in [1.82, 2.24) is 9.38 Å². The van der Waals surface area contributed by atoms with Crippen LogP contribution in [0.3, 0.4) is 0 Å². The highest BCUT2D eigenvalue weighted by atomic mass is 35.5. The molecule has 0 aliphatic heterocycles. The number of benzene rings is 3. The van der Waals surface area contributed by atoms with Gasteiger partial charge in [-0.2, -0.15) is 0 Å². The van der Waals surface area contributed by atoms with Gasteiger partial charge in [-0.3, -0.25) is 9.59 Å². The fourth-order valence-corrected chi connectivity index (χ4v) is 4.61. The summed E-state index contributed by atoms with van der Waals surface area (Å²) in [5, 5.41) is 2.72. The van der Waals surface area contributed by atoms with Crippen molar-refractivity contribution in [2.45, 2.75) is 0 Å². The van der Waals surface area contributed by atoms with E-state index in [0.717, 1.165) is 11.0 Å². The molecule has 0 radical (unpaired) electrons. The Balaban J connectivity index is 1.34. The Morgan fingerprint density at radius 2 is 1.94 bits per heavy atom. The summed E-state index contributed by atoms with van der Waals surface area (Å²) in [6.45, 7) is -0.336. The second-order valence-electron chi connectivity index (χ2n) is 7.14. The maximum atomic E-state index is 13.6. The van der Waals surface area contributed by atoms with Gasteiger partial charge in [-0.05, 0) is 48.0 Å². The highest BCUT2D eigenvalue weighted by Gasteiger charge is 2.12. The van der Waals surface area contributed by atoms with Crippen molar-refractivity contribution < 1.29 is 13.9 Å². The number of nitrogens with zero attached hydrogens (tertiary/aromatic N) is 2. The molecule has 0 unspecified atom stereocenters. The summed E-state index contributed by atoms with van der Waals surface area (Å²) in [6.07, 6.45) is 1.73. The number of nitrogens with one attached hydrogen (secondary N) is 1. The number of amides is 1. The molecule has 3 aromatic carbocycles. The van der Waals surface area contributed by atoms with Crippen molar-refractivity contribution in [3.63, 3.8) is 0 Å². The molecule has 0 atom stereocenters. The molecular weight excluding hydrogens is 465 g/mol. The quantitative estimate of drug-likeness (QED) is 0.408. The van der Waals surface area contributed by atoms with Crippen LogP contribution >= 0.6 is 22.9 Å². The van der Waals surface area contributed by atoms with Crippen molar-refractivity contribution >= 4 is 56.6 Å². The predicted molar refractivity (Wildman–Crippen MR) is 128 cm³/mol. The van der Waals surface area contributed by atoms with Crippen LogP contribution in [-0.4, -0.2) is 21.9 Å². The van der Waals surface area contributed by atoms with Crippen molar-refractivity contribution in [1.29, 1.82) is 0 Å². The zero-order chi connectivity index (χ0) is 22.9. The number of rotatable bonds is 5. The van der Waals surface area contributed by atoms with Crippen molar-refractivity contribution in [2.75, 3.05) is 11.9 Å². The van der Waals surface area contributed by atoms with E-state index in [1.54, 1.807) is 34.7 Å². The number of para-hydroxylation sites is 3. The molecule has 1 amide bonds. The van der Waals surface area contributed by atoms with Crippen LogP contribution in [0.15, 0.2) is 71.5 Å². The topological polar surface area (TPSA) is 72.7 Å². The number of aromatic nitrogens is 2. The molecule has 0 saturated carbocycles. The lowest BCUT2D eigenvalue weighted by atomic mass is 10.2. The lowest BCUT2D eigenvalue weighted by Crippen LogP contribution is -2.22. The molecular formula is C24H15ClFN3O3S. The molecule has 2 aromatic heterocycles. The molecule has 6 nitrogen and oxygen atoms in total. The second kappa shape index (κ2) is 8.65. The third-order valence-corrected chi connectivity index (χ3v) is 6.17. The van der Waals surface area contributed by atoms with E-state index >= 15 is 0 Å². The van der Waals surface area contributed by atoms with Gasteiger partial charge < -0.3 is 10.1 Å². The molecule has 5 aromatic rings. The largest absolute Gasteiger partial charge is 0.482 e. The summed E-state index contributed by atoms with van der Waals surface area (Å²) in [5.41, 5.74) is 2.17. The lowest BCUT2D eigenvalue weighted by molar-refractivity contribution is -0.118. The number of hydrogen-bond acceptors (Lipinski definition) is 5. The fraction of sp³-hybridized carbons (Fsp3) is 0.0417. The van der Waals surface area contributed by atoms with Crippen LogP contribution in [0, 0.1) is 5.82 Å². The number of anilines is 1. The number of carbonyl (C=O) groups excluding carboxylic acids is 1. The first-order valence-electron chi connectivity index (χ1n) is 9.88. The van der Waals surface area contributed by atoms with Gasteiger partial charge in [0.1, 0.15) is 11.6 Å². The van der Waals surface area contributed by atoms with Gasteiger partial charge in [0, 0.05) is 0 Å². The van der Waals surface area contributed by atoms with E-state index in [2.05, 4.69) is 10.3 Å². The van der Waals surface area contributed by atoms with Crippen molar-refractivity contribution in [3.8, 4) is 5.75 Å². The minimum atomic E-state index is -0.532. The summed E-state index contributed by atoms with van der Waals surface area (Å²) < 4.78 is 21.2. The van der Waals surface area contributed by atoms with Gasteiger partial charge in [-0.1, -0.05) is 53.3 Å². The molecule has 0 bridgehead atoms. The molecule has 33 heavy (non-hydrogen) atoms. The van der Waals surface area contributed by atoms with E-state index < -0.39 is 11.7 Å². The standard InChI is InChI=1S/C24H15ClFN3O3S/c25-15-11-14(9-10-20(15)32-13-22(30)27-17-6-2-1-5-16(17)26)12-21-23(31)29-19-8-4-3-7-18(19)28-24(29)33-21/h1-12H,13H2,(H,27,30). The Hall–Kier alpha value is -3.75. The zero-order valence-electron chi connectivity index (χ0n) is 16.9. The summed E-state index contributed by atoms with van der Waals surface area (Å²) in [6, 6.07) is 18.3. The number of imidazole rings is 1. The molecule has 0 aliphatic rings. The zero-order valence-corrected chi connectivity index (χ0v) is 18.5. The van der Waals surface area contributed by atoms with Crippen LogP contribution < -0.4 is 20.1 Å². The smallest absolute Gasteiger partial charge is 0.274 e. The van der Waals surface area contributed by atoms with E-state index in [-0.39, 0.29) is 22.9 Å². The van der Waals surface area contributed by atoms with Crippen LogP contribution in [0.1, 0.15) is 5.56 Å². The third kappa shape index (κ3) is 4.18. The van der Waals surface area contributed by atoms with Gasteiger partial charge >= 0.3 is 0 Å². The lowest BCUT2D eigenvalue weighted by Gasteiger charge is -2.09. The Morgan fingerprint density at radius 3 is 2.76 bits per heavy atom. The van der Waals surface area contributed by atoms with Gasteiger partial charge in [0.05, 0.1) is 26.3 Å². The molecule has 0 saturated heterocycles. The summed E-state index contributed by atoms with van der Waals surface area (Å²) in [5.74, 6) is -0.751. The predicted octanol–water partition coefficient (Wildman–Crippen LogP) is 4.27. The van der Waals surface area contributed by atoms with Crippen LogP contribution in [0.5, 0.6) is 5.75 Å². The molecule has 0 aliphatic carbocycles. The van der Waals surface area contributed by atoms with Gasteiger partial charge in [0.15, 0.2) is 11.6 Å². The first-order valence-corrected chi connectivity index (χ1v) is 11.1. The maximum absolute atomic E-state index is 13.6. The minimum absolute atomic E-state index is 0.0747. The van der Waals surface area contributed by atoms with Crippen LogP contribution in [0.25, 0.3) is 22.1 Å². The monoisotopic (exact) mass is 479 g/mol. The highest BCUT2D eigenvalue weighted by Crippen LogP contribution is 2.26. The van der Waals surface area contributed by atoms with E-state index in [1.165, 1.54) is 29.5 Å². The van der Waals surface area contributed by atoms with Gasteiger partial charge in [0.2, 0.25) is 0 Å². The van der Waals surface area contributed by atoms with Gasteiger partial charge in [0.25, 0.3) is 11.5 Å². The number of thiazole rings is 1. The van der Waals surface area contributed by atoms with E-state index in [1.807, 2.05) is 24.3 Å². The fourth-order valence-electron chi connectivity index (χ4n) is 3.38. The summed E-state index contributed by atoms with van der Waals surface area (Å²) in [4.78, 5) is 30.1. The van der Waals surface area contributed by atoms with Gasteiger partial charge in [-0.15, -0.1) is 0 Å². The van der Waals surface area contributed by atoms with Crippen LogP contribution in [0.2, 0.25) is 5.02 Å². The number of halogens is 2. The Labute approximate surface area is 195 Å². The molecule has 164 valence electrons. The van der Waals surface area contributed by atoms with E-state index in [4.69, 9.17) is 16.3 Å². The number of ether oxygens (including phenoxy) is 1. The molecule has 1 N–H and O–H groups in total. The maximum Gasteiger partial charge on any atom is 0.274 e. The molecule has 5 rings (SSSR count). The summed E-state index contributed by atoms with van der Waals surface area (Å²) >= 11 is 7.61. The molecule has 0 fully saturated rings.